The van der Waals surface area contributed by atoms with E-state index in [9.17, 15) is 9.90 Å². The number of rotatable bonds is 5. The molecular formula is C18H16N2O3. The molecule has 5 heteroatoms. The SMILES string of the molecule is O=C(O)CCc1cn[nH]c1-c1ccc(-c2ccccc2)cc1O. The number of carbonyl (C=O) groups is 1. The maximum atomic E-state index is 10.7. The highest BCUT2D eigenvalue weighted by atomic mass is 16.4. The second kappa shape index (κ2) is 6.36. The summed E-state index contributed by atoms with van der Waals surface area (Å²) in [5, 5.41) is 26.0. The summed E-state index contributed by atoms with van der Waals surface area (Å²) in [5.74, 6) is -0.729. The lowest BCUT2D eigenvalue weighted by Gasteiger charge is -2.08. The van der Waals surface area contributed by atoms with Gasteiger partial charge in [0, 0.05) is 12.0 Å². The quantitative estimate of drug-likeness (QED) is 0.673. The Kier molecular flexibility index (Phi) is 4.10. The molecule has 0 bridgehead atoms. The van der Waals surface area contributed by atoms with Gasteiger partial charge in [-0.15, -0.1) is 0 Å². The molecule has 0 saturated heterocycles. The Bertz CT molecular complexity index is 825. The third kappa shape index (κ3) is 3.23. The minimum Gasteiger partial charge on any atom is -0.507 e. The number of carboxylic acid groups (broad SMARTS) is 1. The van der Waals surface area contributed by atoms with E-state index in [-0.39, 0.29) is 12.2 Å². The molecule has 0 amide bonds. The largest absolute Gasteiger partial charge is 0.507 e. The summed E-state index contributed by atoms with van der Waals surface area (Å²) in [6.07, 6.45) is 1.99. The first-order valence-electron chi connectivity index (χ1n) is 7.28. The summed E-state index contributed by atoms with van der Waals surface area (Å²) >= 11 is 0. The maximum Gasteiger partial charge on any atom is 0.303 e. The molecule has 0 aliphatic rings. The number of aryl methyl sites for hydroxylation is 1. The Morgan fingerprint density at radius 3 is 2.57 bits per heavy atom. The molecule has 3 N–H and O–H groups in total. The van der Waals surface area contributed by atoms with E-state index in [1.165, 1.54) is 0 Å². The summed E-state index contributed by atoms with van der Waals surface area (Å²) in [4.78, 5) is 10.7. The highest BCUT2D eigenvalue weighted by Gasteiger charge is 2.13. The number of hydrogen-bond acceptors (Lipinski definition) is 3. The first-order valence-corrected chi connectivity index (χ1v) is 7.28. The average Bonchev–Trinajstić information content (AvgIpc) is 3.02. The van der Waals surface area contributed by atoms with Gasteiger partial charge in [-0.05, 0) is 35.2 Å². The molecule has 0 spiro atoms. The molecule has 0 aliphatic heterocycles. The number of nitrogens with zero attached hydrogens (tertiary/aromatic N) is 1. The van der Waals surface area contributed by atoms with Gasteiger partial charge in [-0.25, -0.2) is 0 Å². The lowest BCUT2D eigenvalue weighted by Crippen LogP contribution is -1.98. The van der Waals surface area contributed by atoms with Gasteiger partial charge in [0.15, 0.2) is 0 Å². The first-order chi connectivity index (χ1) is 11.1. The van der Waals surface area contributed by atoms with Crippen LogP contribution in [-0.2, 0) is 11.2 Å². The zero-order chi connectivity index (χ0) is 16.2. The van der Waals surface area contributed by atoms with Crippen molar-refractivity contribution in [1.29, 1.82) is 0 Å². The number of phenolic OH excluding ortho intramolecular Hbond substituents is 1. The lowest BCUT2D eigenvalue weighted by atomic mass is 9.99. The minimum atomic E-state index is -0.860. The van der Waals surface area contributed by atoms with E-state index in [0.717, 1.165) is 16.7 Å². The van der Waals surface area contributed by atoms with Gasteiger partial charge >= 0.3 is 5.97 Å². The number of phenols is 1. The molecular weight excluding hydrogens is 292 g/mol. The van der Waals surface area contributed by atoms with Gasteiger partial charge in [-0.1, -0.05) is 36.4 Å². The fourth-order valence-corrected chi connectivity index (χ4v) is 2.53. The standard InChI is InChI=1S/C18H16N2O3/c21-16-10-13(12-4-2-1-3-5-12)6-8-15(16)18-14(11-19-20-18)7-9-17(22)23/h1-6,8,10-11,21H,7,9H2,(H,19,20)(H,22,23). The molecule has 1 heterocycles. The van der Waals surface area contributed by atoms with Crippen LogP contribution in [0.2, 0.25) is 0 Å². The van der Waals surface area contributed by atoms with Crippen LogP contribution in [0.5, 0.6) is 5.75 Å². The number of aliphatic carboxylic acids is 1. The van der Waals surface area contributed by atoms with Crippen molar-refractivity contribution in [2.75, 3.05) is 0 Å². The smallest absolute Gasteiger partial charge is 0.303 e. The van der Waals surface area contributed by atoms with Crippen LogP contribution in [-0.4, -0.2) is 26.4 Å². The number of aromatic nitrogens is 2. The molecule has 5 nitrogen and oxygen atoms in total. The Hall–Kier alpha value is -3.08. The second-order valence-electron chi connectivity index (χ2n) is 5.26. The van der Waals surface area contributed by atoms with E-state index in [0.29, 0.717) is 17.7 Å². The van der Waals surface area contributed by atoms with Gasteiger partial charge in [0.1, 0.15) is 5.75 Å². The number of aromatic amines is 1. The van der Waals surface area contributed by atoms with Crippen molar-refractivity contribution in [3.05, 3.63) is 60.3 Å². The highest BCUT2D eigenvalue weighted by molar-refractivity contribution is 5.76. The summed E-state index contributed by atoms with van der Waals surface area (Å²) in [6.45, 7) is 0. The van der Waals surface area contributed by atoms with Gasteiger partial charge in [0.2, 0.25) is 0 Å². The molecule has 0 saturated carbocycles. The van der Waals surface area contributed by atoms with Crippen LogP contribution in [0.3, 0.4) is 0 Å². The van der Waals surface area contributed by atoms with Crippen molar-refractivity contribution in [1.82, 2.24) is 10.2 Å². The Labute approximate surface area is 133 Å². The van der Waals surface area contributed by atoms with E-state index in [4.69, 9.17) is 5.11 Å². The topological polar surface area (TPSA) is 86.2 Å². The Morgan fingerprint density at radius 1 is 1.09 bits per heavy atom. The fraction of sp³-hybridized carbons (Fsp3) is 0.111. The monoisotopic (exact) mass is 308 g/mol. The van der Waals surface area contributed by atoms with E-state index in [1.54, 1.807) is 12.3 Å². The summed E-state index contributed by atoms with van der Waals surface area (Å²) in [5.41, 5.74) is 3.98. The van der Waals surface area contributed by atoms with Gasteiger partial charge in [-0.2, -0.15) is 5.10 Å². The molecule has 0 atom stereocenters. The van der Waals surface area contributed by atoms with Crippen molar-refractivity contribution in [2.45, 2.75) is 12.8 Å². The highest BCUT2D eigenvalue weighted by Crippen LogP contribution is 2.34. The first kappa shape index (κ1) is 14.8. The predicted octanol–water partition coefficient (Wildman–Crippen LogP) is 3.47. The van der Waals surface area contributed by atoms with Crippen molar-refractivity contribution in [2.24, 2.45) is 0 Å². The van der Waals surface area contributed by atoms with Gasteiger partial charge < -0.3 is 10.2 Å². The number of aromatic hydroxyl groups is 1. The third-order valence-corrected chi connectivity index (χ3v) is 3.70. The molecule has 0 aliphatic carbocycles. The van der Waals surface area contributed by atoms with Gasteiger partial charge in [0.25, 0.3) is 0 Å². The molecule has 0 unspecified atom stereocenters. The molecule has 3 aromatic rings. The van der Waals surface area contributed by atoms with E-state index >= 15 is 0 Å². The van der Waals surface area contributed by atoms with E-state index < -0.39 is 5.97 Å². The maximum absolute atomic E-state index is 10.7. The zero-order valence-corrected chi connectivity index (χ0v) is 12.4. The third-order valence-electron chi connectivity index (χ3n) is 3.70. The molecule has 2 aromatic carbocycles. The summed E-state index contributed by atoms with van der Waals surface area (Å²) < 4.78 is 0. The molecule has 1 aromatic heterocycles. The van der Waals surface area contributed by atoms with Crippen LogP contribution in [0.1, 0.15) is 12.0 Å². The van der Waals surface area contributed by atoms with Crippen molar-refractivity contribution >= 4 is 5.97 Å². The van der Waals surface area contributed by atoms with Gasteiger partial charge in [0.05, 0.1) is 11.9 Å². The number of H-pyrrole nitrogens is 1. The number of carboxylic acids is 1. The number of hydrogen-bond donors (Lipinski definition) is 3. The normalized spacial score (nSPS) is 10.6. The molecule has 0 fully saturated rings. The second-order valence-corrected chi connectivity index (χ2v) is 5.26. The average molecular weight is 308 g/mol. The molecule has 23 heavy (non-hydrogen) atoms. The van der Waals surface area contributed by atoms with E-state index in [1.807, 2.05) is 42.5 Å². The predicted molar refractivity (Wildman–Crippen MR) is 87.1 cm³/mol. The van der Waals surface area contributed by atoms with Crippen LogP contribution in [0.15, 0.2) is 54.7 Å². The van der Waals surface area contributed by atoms with Gasteiger partial charge in [-0.3, -0.25) is 9.89 Å². The summed E-state index contributed by atoms with van der Waals surface area (Å²) in [6, 6.07) is 15.2. The Morgan fingerprint density at radius 2 is 1.87 bits per heavy atom. The van der Waals surface area contributed by atoms with Crippen LogP contribution in [0.25, 0.3) is 22.4 Å². The molecule has 116 valence electrons. The summed E-state index contributed by atoms with van der Waals surface area (Å²) in [7, 11) is 0. The van der Waals surface area contributed by atoms with Crippen LogP contribution in [0.4, 0.5) is 0 Å². The zero-order valence-electron chi connectivity index (χ0n) is 12.4. The van der Waals surface area contributed by atoms with Crippen molar-refractivity contribution in [3.8, 4) is 28.1 Å². The van der Waals surface area contributed by atoms with Crippen LogP contribution >= 0.6 is 0 Å². The van der Waals surface area contributed by atoms with Crippen molar-refractivity contribution < 1.29 is 15.0 Å². The number of nitrogens with one attached hydrogen (secondary N) is 1. The fourth-order valence-electron chi connectivity index (χ4n) is 2.53. The van der Waals surface area contributed by atoms with Crippen molar-refractivity contribution in [3.63, 3.8) is 0 Å². The lowest BCUT2D eigenvalue weighted by molar-refractivity contribution is -0.136. The number of benzene rings is 2. The van der Waals surface area contributed by atoms with E-state index in [2.05, 4.69) is 10.2 Å². The van der Waals surface area contributed by atoms with Crippen LogP contribution in [0, 0.1) is 0 Å². The molecule has 3 rings (SSSR count). The van der Waals surface area contributed by atoms with Crippen LogP contribution < -0.4 is 0 Å². The molecule has 0 radical (unpaired) electrons. The Balaban J connectivity index is 1.93. The minimum absolute atomic E-state index is 0.0232.